The molecule has 1 saturated carbocycles. The number of nitrogens with one attached hydrogen (secondary N) is 1. The van der Waals surface area contributed by atoms with Crippen LogP contribution in [0, 0.1) is 5.92 Å². The zero-order valence-electron chi connectivity index (χ0n) is 24.7. The van der Waals surface area contributed by atoms with Gasteiger partial charge in [0.25, 0.3) is 12.3 Å². The van der Waals surface area contributed by atoms with Gasteiger partial charge in [0.05, 0.1) is 21.6 Å². The van der Waals surface area contributed by atoms with E-state index in [4.69, 9.17) is 16.3 Å². The Kier molecular flexibility index (Phi) is 9.53. The number of para-hydroxylation sites is 2. The third kappa shape index (κ3) is 7.27. The summed E-state index contributed by atoms with van der Waals surface area (Å²) >= 11 is 5.92. The Labute approximate surface area is 255 Å². The molecule has 0 unspecified atom stereocenters. The fraction of sp³-hybridized carbons (Fsp3) is 0.452. The van der Waals surface area contributed by atoms with Gasteiger partial charge in [0.15, 0.2) is 0 Å². The molecule has 230 valence electrons. The second-order valence-corrected chi connectivity index (χ2v) is 18.5. The van der Waals surface area contributed by atoms with E-state index in [1.807, 2.05) is 51.7 Å². The summed E-state index contributed by atoms with van der Waals surface area (Å²) in [6.07, 6.45) is 3.10. The van der Waals surface area contributed by atoms with E-state index in [0.29, 0.717) is 32.7 Å². The number of rotatable bonds is 11. The van der Waals surface area contributed by atoms with Gasteiger partial charge in [-0.25, -0.2) is 18.1 Å². The minimum Gasteiger partial charge on any atom is -0.361 e. The molecule has 1 aliphatic rings. The van der Waals surface area contributed by atoms with Crippen LogP contribution in [0.1, 0.15) is 48.2 Å². The fourth-order valence-corrected chi connectivity index (χ4v) is 6.60. The smallest absolute Gasteiger partial charge is 0.334 e. The third-order valence-electron chi connectivity index (χ3n) is 8.06. The highest BCUT2D eigenvalue weighted by molar-refractivity contribution is 6.76. The van der Waals surface area contributed by atoms with Crippen LogP contribution in [0.25, 0.3) is 16.9 Å². The van der Waals surface area contributed by atoms with E-state index in [9.17, 15) is 18.4 Å². The highest BCUT2D eigenvalue weighted by Crippen LogP contribution is 2.29. The molecule has 1 N–H and O–H groups in total. The summed E-state index contributed by atoms with van der Waals surface area (Å²) < 4.78 is 38.3. The van der Waals surface area contributed by atoms with Crippen LogP contribution in [0.15, 0.2) is 59.7 Å². The average molecular weight is 630 g/mol. The predicted molar refractivity (Wildman–Crippen MR) is 167 cm³/mol. The van der Waals surface area contributed by atoms with Crippen LogP contribution in [0.3, 0.4) is 0 Å². The number of hydrogen-bond acceptors (Lipinski definition) is 4. The maximum absolute atomic E-state index is 13.9. The first-order chi connectivity index (χ1) is 20.5. The summed E-state index contributed by atoms with van der Waals surface area (Å²) in [5, 5.41) is 3.01. The zero-order valence-corrected chi connectivity index (χ0v) is 26.5. The SMILES string of the molecule is C[Si](C)(C)CCOCn1cccc1-n1c(=O)n(CC2CCC(NC(=O)c3cc(Cl)cnc3C(F)F)CC2)c2ccccc21. The minimum atomic E-state index is -2.88. The van der Waals surface area contributed by atoms with Crippen molar-refractivity contribution in [1.82, 2.24) is 24.0 Å². The molecule has 1 amide bonds. The van der Waals surface area contributed by atoms with Gasteiger partial charge in [-0.15, -0.1) is 0 Å². The van der Waals surface area contributed by atoms with Gasteiger partial charge >= 0.3 is 5.69 Å². The first kappa shape index (κ1) is 31.2. The second-order valence-electron chi connectivity index (χ2n) is 12.5. The third-order valence-corrected chi connectivity index (χ3v) is 9.97. The maximum Gasteiger partial charge on any atom is 0.334 e. The molecule has 43 heavy (non-hydrogen) atoms. The lowest BCUT2D eigenvalue weighted by Crippen LogP contribution is -2.39. The molecule has 4 aromatic rings. The zero-order chi connectivity index (χ0) is 30.7. The molecule has 8 nitrogen and oxygen atoms in total. The number of halogens is 3. The molecule has 3 heterocycles. The monoisotopic (exact) mass is 629 g/mol. The van der Waals surface area contributed by atoms with Crippen molar-refractivity contribution >= 4 is 36.6 Å². The molecule has 0 atom stereocenters. The number of hydrogen-bond donors (Lipinski definition) is 1. The number of ether oxygens (including phenoxy) is 1. The number of amides is 1. The van der Waals surface area contributed by atoms with E-state index in [2.05, 4.69) is 29.9 Å². The van der Waals surface area contributed by atoms with E-state index in [-0.39, 0.29) is 28.2 Å². The number of imidazole rings is 1. The molecule has 3 aromatic heterocycles. The standard InChI is InChI=1S/C31H38ClF2N5O3Si/c1-43(2,3)16-15-42-20-37-14-6-9-27(37)39-26-8-5-4-7-25(26)38(31(39)41)19-21-10-12-23(13-11-21)36-30(40)24-17-22(32)18-35-28(24)29(33)34/h4-9,14,17-18,21,23,29H,10-13,15-16,19-20H2,1-3H3,(H,36,40). The van der Waals surface area contributed by atoms with E-state index in [1.54, 1.807) is 4.57 Å². The van der Waals surface area contributed by atoms with Crippen LogP contribution >= 0.6 is 11.6 Å². The van der Waals surface area contributed by atoms with Crippen LogP contribution in [0.4, 0.5) is 8.78 Å². The predicted octanol–water partition coefficient (Wildman–Crippen LogP) is 6.88. The molecule has 12 heteroatoms. The van der Waals surface area contributed by atoms with Crippen LogP contribution in [-0.2, 0) is 18.0 Å². The molecule has 0 radical (unpaired) electrons. The lowest BCUT2D eigenvalue weighted by atomic mass is 9.85. The van der Waals surface area contributed by atoms with Crippen molar-refractivity contribution in [2.24, 2.45) is 5.92 Å². The molecule has 5 rings (SSSR count). The van der Waals surface area contributed by atoms with Gasteiger partial charge in [0.1, 0.15) is 18.2 Å². The minimum absolute atomic E-state index is 0.105. The Morgan fingerprint density at radius 3 is 2.53 bits per heavy atom. The molecule has 0 aliphatic heterocycles. The van der Waals surface area contributed by atoms with Crippen LogP contribution in [0.5, 0.6) is 0 Å². The van der Waals surface area contributed by atoms with Gasteiger partial charge in [0, 0.05) is 39.7 Å². The first-order valence-corrected chi connectivity index (χ1v) is 18.8. The molecule has 0 spiro atoms. The molecule has 1 fully saturated rings. The quantitative estimate of drug-likeness (QED) is 0.145. The topological polar surface area (TPSA) is 83.1 Å². The van der Waals surface area contributed by atoms with Gasteiger partial charge in [-0.3, -0.25) is 14.3 Å². The number of fused-ring (bicyclic) bond motifs is 1. The van der Waals surface area contributed by atoms with E-state index in [0.717, 1.165) is 41.9 Å². The van der Waals surface area contributed by atoms with E-state index in [1.165, 1.54) is 6.07 Å². The Balaban J connectivity index is 1.27. The van der Waals surface area contributed by atoms with E-state index >= 15 is 0 Å². The largest absolute Gasteiger partial charge is 0.361 e. The lowest BCUT2D eigenvalue weighted by Gasteiger charge is -2.29. The number of pyridine rings is 1. The highest BCUT2D eigenvalue weighted by atomic mass is 35.5. The van der Waals surface area contributed by atoms with Crippen molar-refractivity contribution in [3.63, 3.8) is 0 Å². The van der Waals surface area contributed by atoms with Crippen molar-refractivity contribution in [3.8, 4) is 5.82 Å². The van der Waals surface area contributed by atoms with Crippen LogP contribution in [0.2, 0.25) is 30.7 Å². The fourth-order valence-electron chi connectivity index (χ4n) is 5.68. The van der Waals surface area contributed by atoms with Gasteiger partial charge in [-0.2, -0.15) is 0 Å². The Morgan fingerprint density at radius 2 is 1.84 bits per heavy atom. The van der Waals surface area contributed by atoms with Gasteiger partial charge in [-0.05, 0) is 68.0 Å². The lowest BCUT2D eigenvalue weighted by molar-refractivity contribution is 0.0873. The summed E-state index contributed by atoms with van der Waals surface area (Å²) in [6, 6.07) is 13.8. The Morgan fingerprint density at radius 1 is 1.12 bits per heavy atom. The Hall–Kier alpha value is -3.28. The van der Waals surface area contributed by atoms with Crippen molar-refractivity contribution in [1.29, 1.82) is 0 Å². The van der Waals surface area contributed by atoms with Crippen LogP contribution in [-0.4, -0.2) is 45.3 Å². The number of nitrogens with zero attached hydrogens (tertiary/aromatic N) is 4. The molecular weight excluding hydrogens is 592 g/mol. The van der Waals surface area contributed by atoms with Crippen molar-refractivity contribution in [2.45, 2.75) is 77.1 Å². The summed E-state index contributed by atoms with van der Waals surface area (Å²) in [5.74, 6) is 0.393. The van der Waals surface area contributed by atoms with Gasteiger partial charge in [0.2, 0.25) is 0 Å². The average Bonchev–Trinajstić information content (AvgIpc) is 3.52. The number of carbonyl (C=O) groups excluding carboxylic acids is 1. The number of aromatic nitrogens is 4. The molecule has 1 aliphatic carbocycles. The van der Waals surface area contributed by atoms with Crippen LogP contribution < -0.4 is 11.0 Å². The number of carbonyl (C=O) groups is 1. The van der Waals surface area contributed by atoms with Gasteiger partial charge in [-0.1, -0.05) is 43.4 Å². The molecule has 0 bridgehead atoms. The number of benzene rings is 1. The molecule has 1 aromatic carbocycles. The summed E-state index contributed by atoms with van der Waals surface area (Å²) in [6.45, 7) is 8.57. The van der Waals surface area contributed by atoms with Gasteiger partial charge < -0.3 is 14.6 Å². The normalized spacial score (nSPS) is 17.6. The first-order valence-electron chi connectivity index (χ1n) is 14.7. The Bertz CT molecular complexity index is 1640. The summed E-state index contributed by atoms with van der Waals surface area (Å²) in [5.41, 5.74) is 0.821. The molecular formula is C31H38ClF2N5O3Si. The van der Waals surface area contributed by atoms with E-state index < -0.39 is 26.1 Å². The molecule has 0 saturated heterocycles. The highest BCUT2D eigenvalue weighted by Gasteiger charge is 2.27. The van der Waals surface area contributed by atoms with Crippen molar-refractivity contribution in [2.75, 3.05) is 6.61 Å². The number of alkyl halides is 2. The van der Waals surface area contributed by atoms with Crippen molar-refractivity contribution in [3.05, 3.63) is 81.6 Å². The second kappa shape index (κ2) is 13.2. The summed E-state index contributed by atoms with van der Waals surface area (Å²) in [7, 11) is -1.21. The summed E-state index contributed by atoms with van der Waals surface area (Å²) in [4.78, 5) is 30.4. The van der Waals surface area contributed by atoms with Crippen molar-refractivity contribution < 1.29 is 18.3 Å². The maximum atomic E-state index is 13.9.